The Labute approximate surface area is 115 Å². The summed E-state index contributed by atoms with van der Waals surface area (Å²) in [6, 6.07) is 14.7. The first-order valence-corrected chi connectivity index (χ1v) is 6.72. The Bertz CT molecular complexity index is 549. The quantitative estimate of drug-likeness (QED) is 0.859. The fourth-order valence-electron chi connectivity index (χ4n) is 1.97. The van der Waals surface area contributed by atoms with E-state index >= 15 is 0 Å². The van der Waals surface area contributed by atoms with Crippen LogP contribution in [-0.4, -0.2) is 6.61 Å². The average Bonchev–Trinajstić information content (AvgIpc) is 2.41. The van der Waals surface area contributed by atoms with Gasteiger partial charge in [-0.1, -0.05) is 18.2 Å². The number of ether oxygens (including phenoxy) is 1. The molecule has 2 aromatic rings. The molecule has 0 radical (unpaired) electrons. The number of benzene rings is 2. The normalized spacial score (nSPS) is 10.3. The Morgan fingerprint density at radius 1 is 1.00 bits per heavy atom. The second-order valence-corrected chi connectivity index (χ2v) is 4.73. The molecule has 0 saturated heterocycles. The number of anilines is 1. The van der Waals surface area contributed by atoms with Crippen molar-refractivity contribution in [3.05, 3.63) is 59.2 Å². The lowest BCUT2D eigenvalue weighted by Crippen LogP contribution is -2.00. The molecule has 0 aromatic heterocycles. The van der Waals surface area contributed by atoms with Crippen LogP contribution in [0, 0.1) is 13.8 Å². The van der Waals surface area contributed by atoms with Crippen molar-refractivity contribution in [2.45, 2.75) is 27.3 Å². The van der Waals surface area contributed by atoms with Crippen molar-refractivity contribution in [2.24, 2.45) is 0 Å². The second-order valence-electron chi connectivity index (χ2n) is 4.73. The zero-order chi connectivity index (χ0) is 13.7. The molecule has 0 bridgehead atoms. The molecule has 2 nitrogen and oxygen atoms in total. The van der Waals surface area contributed by atoms with Crippen molar-refractivity contribution in [3.63, 3.8) is 0 Å². The standard InChI is InChI=1S/C17H21NO/c1-4-19-17-7-5-6-15(11-17)12-18-16-9-8-13(2)14(3)10-16/h5-11,18H,4,12H2,1-3H3. The summed E-state index contributed by atoms with van der Waals surface area (Å²) in [5.74, 6) is 0.932. The van der Waals surface area contributed by atoms with Crippen LogP contribution >= 0.6 is 0 Å². The van der Waals surface area contributed by atoms with Gasteiger partial charge in [-0.2, -0.15) is 0 Å². The van der Waals surface area contributed by atoms with Gasteiger partial charge >= 0.3 is 0 Å². The highest BCUT2D eigenvalue weighted by molar-refractivity contribution is 5.48. The molecule has 0 unspecified atom stereocenters. The predicted octanol–water partition coefficient (Wildman–Crippen LogP) is 4.31. The third-order valence-corrected chi connectivity index (χ3v) is 3.21. The van der Waals surface area contributed by atoms with Crippen molar-refractivity contribution in [3.8, 4) is 5.75 Å². The van der Waals surface area contributed by atoms with Gasteiger partial charge in [-0.15, -0.1) is 0 Å². The van der Waals surface area contributed by atoms with Gasteiger partial charge in [-0.05, 0) is 61.7 Å². The third-order valence-electron chi connectivity index (χ3n) is 3.21. The lowest BCUT2D eigenvalue weighted by Gasteiger charge is -2.10. The molecule has 0 aliphatic rings. The molecule has 0 aliphatic carbocycles. The molecular formula is C17H21NO. The number of hydrogen-bond donors (Lipinski definition) is 1. The van der Waals surface area contributed by atoms with Crippen molar-refractivity contribution in [1.82, 2.24) is 0 Å². The topological polar surface area (TPSA) is 21.3 Å². The van der Waals surface area contributed by atoms with Gasteiger partial charge in [0.05, 0.1) is 6.61 Å². The largest absolute Gasteiger partial charge is 0.494 e. The van der Waals surface area contributed by atoms with Crippen molar-refractivity contribution < 1.29 is 4.74 Å². The van der Waals surface area contributed by atoms with Gasteiger partial charge in [0.1, 0.15) is 5.75 Å². The molecule has 0 atom stereocenters. The molecule has 100 valence electrons. The summed E-state index contributed by atoms with van der Waals surface area (Å²) < 4.78 is 5.51. The van der Waals surface area contributed by atoms with Crippen molar-refractivity contribution >= 4 is 5.69 Å². The van der Waals surface area contributed by atoms with E-state index in [0.29, 0.717) is 6.61 Å². The maximum Gasteiger partial charge on any atom is 0.119 e. The van der Waals surface area contributed by atoms with Crippen LogP contribution < -0.4 is 10.1 Å². The summed E-state index contributed by atoms with van der Waals surface area (Å²) in [4.78, 5) is 0. The van der Waals surface area contributed by atoms with Crippen molar-refractivity contribution in [1.29, 1.82) is 0 Å². The number of aryl methyl sites for hydroxylation is 2. The first kappa shape index (κ1) is 13.5. The maximum atomic E-state index is 5.51. The minimum atomic E-state index is 0.702. The van der Waals surface area contributed by atoms with Crippen LogP contribution in [0.25, 0.3) is 0 Å². The lowest BCUT2D eigenvalue weighted by molar-refractivity contribution is 0.340. The van der Waals surface area contributed by atoms with Gasteiger partial charge in [0.15, 0.2) is 0 Å². The zero-order valence-corrected chi connectivity index (χ0v) is 11.9. The average molecular weight is 255 g/mol. The predicted molar refractivity (Wildman–Crippen MR) is 80.9 cm³/mol. The summed E-state index contributed by atoms with van der Waals surface area (Å²) in [6.07, 6.45) is 0. The van der Waals surface area contributed by atoms with Crippen LogP contribution in [0.2, 0.25) is 0 Å². The number of nitrogens with one attached hydrogen (secondary N) is 1. The monoisotopic (exact) mass is 255 g/mol. The van der Waals surface area contributed by atoms with Crippen LogP contribution in [0.1, 0.15) is 23.6 Å². The Balaban J connectivity index is 2.01. The third kappa shape index (κ3) is 3.75. The van der Waals surface area contributed by atoms with E-state index in [0.717, 1.165) is 18.0 Å². The highest BCUT2D eigenvalue weighted by Crippen LogP contribution is 2.17. The highest BCUT2D eigenvalue weighted by Gasteiger charge is 1.98. The van der Waals surface area contributed by atoms with Gasteiger partial charge in [-0.25, -0.2) is 0 Å². The molecule has 2 rings (SSSR count). The van der Waals surface area contributed by atoms with E-state index < -0.39 is 0 Å². The SMILES string of the molecule is CCOc1cccc(CNc2ccc(C)c(C)c2)c1. The Morgan fingerprint density at radius 3 is 2.58 bits per heavy atom. The van der Waals surface area contributed by atoms with E-state index in [9.17, 15) is 0 Å². The van der Waals surface area contributed by atoms with E-state index in [-0.39, 0.29) is 0 Å². The van der Waals surface area contributed by atoms with E-state index in [2.05, 4.69) is 49.5 Å². The molecular weight excluding hydrogens is 234 g/mol. The van der Waals surface area contributed by atoms with E-state index in [1.165, 1.54) is 16.7 Å². The van der Waals surface area contributed by atoms with Gasteiger partial charge in [0, 0.05) is 12.2 Å². The highest BCUT2D eigenvalue weighted by atomic mass is 16.5. The van der Waals surface area contributed by atoms with E-state index in [1.807, 2.05) is 19.1 Å². The molecule has 0 amide bonds. The molecule has 2 heteroatoms. The molecule has 1 N–H and O–H groups in total. The maximum absolute atomic E-state index is 5.51. The lowest BCUT2D eigenvalue weighted by atomic mass is 10.1. The van der Waals surface area contributed by atoms with Crippen LogP contribution in [0.5, 0.6) is 5.75 Å². The van der Waals surface area contributed by atoms with Crippen LogP contribution in [0.4, 0.5) is 5.69 Å². The molecule has 0 heterocycles. The molecule has 2 aromatic carbocycles. The molecule has 0 saturated carbocycles. The van der Waals surface area contributed by atoms with Gasteiger partial charge in [-0.3, -0.25) is 0 Å². The Morgan fingerprint density at radius 2 is 1.84 bits per heavy atom. The zero-order valence-electron chi connectivity index (χ0n) is 11.9. The van der Waals surface area contributed by atoms with Gasteiger partial charge < -0.3 is 10.1 Å². The molecule has 0 aliphatic heterocycles. The fourth-order valence-corrected chi connectivity index (χ4v) is 1.97. The smallest absolute Gasteiger partial charge is 0.119 e. The summed E-state index contributed by atoms with van der Waals surface area (Å²) in [7, 11) is 0. The first-order chi connectivity index (χ1) is 9.19. The first-order valence-electron chi connectivity index (χ1n) is 6.72. The van der Waals surface area contributed by atoms with Crippen LogP contribution in [-0.2, 0) is 6.54 Å². The minimum Gasteiger partial charge on any atom is -0.494 e. The van der Waals surface area contributed by atoms with Crippen molar-refractivity contribution in [2.75, 3.05) is 11.9 Å². The summed E-state index contributed by atoms with van der Waals surface area (Å²) in [5, 5.41) is 3.44. The molecule has 0 fully saturated rings. The van der Waals surface area contributed by atoms with Gasteiger partial charge in [0.2, 0.25) is 0 Å². The summed E-state index contributed by atoms with van der Waals surface area (Å²) >= 11 is 0. The summed E-state index contributed by atoms with van der Waals surface area (Å²) in [6.45, 7) is 7.78. The summed E-state index contributed by atoms with van der Waals surface area (Å²) in [5.41, 5.74) is 5.02. The van der Waals surface area contributed by atoms with Crippen LogP contribution in [0.15, 0.2) is 42.5 Å². The van der Waals surface area contributed by atoms with E-state index in [4.69, 9.17) is 4.74 Å². The van der Waals surface area contributed by atoms with Gasteiger partial charge in [0.25, 0.3) is 0 Å². The molecule has 19 heavy (non-hydrogen) atoms. The van der Waals surface area contributed by atoms with E-state index in [1.54, 1.807) is 0 Å². The Kier molecular flexibility index (Phi) is 4.45. The second kappa shape index (κ2) is 6.28. The van der Waals surface area contributed by atoms with Crippen LogP contribution in [0.3, 0.4) is 0 Å². The molecule has 0 spiro atoms. The Hall–Kier alpha value is -1.96. The fraction of sp³-hybridized carbons (Fsp3) is 0.294. The number of hydrogen-bond acceptors (Lipinski definition) is 2. The number of rotatable bonds is 5. The minimum absolute atomic E-state index is 0.702.